The molecule has 0 aliphatic heterocycles. The number of aryl methyl sites for hydroxylation is 3. The summed E-state index contributed by atoms with van der Waals surface area (Å²) in [7, 11) is 1.91. The molecule has 0 aliphatic carbocycles. The first-order chi connectivity index (χ1) is 10.4. The Morgan fingerprint density at radius 2 is 2.00 bits per heavy atom. The van der Waals surface area contributed by atoms with Crippen LogP contribution in [0.4, 0.5) is 0 Å². The van der Waals surface area contributed by atoms with Gasteiger partial charge in [0.15, 0.2) is 0 Å². The van der Waals surface area contributed by atoms with E-state index in [0.717, 1.165) is 22.5 Å². The first-order valence-electron chi connectivity index (χ1n) is 7.35. The first-order valence-corrected chi connectivity index (χ1v) is 7.35. The van der Waals surface area contributed by atoms with E-state index in [1.54, 1.807) is 0 Å². The summed E-state index contributed by atoms with van der Waals surface area (Å²) in [6, 6.07) is 8.17. The molecule has 0 spiro atoms. The number of aliphatic carboxylic acids is 1. The minimum absolute atomic E-state index is 0.0156. The molecule has 1 aromatic heterocycles. The van der Waals surface area contributed by atoms with Gasteiger partial charge in [-0.1, -0.05) is 29.8 Å². The van der Waals surface area contributed by atoms with E-state index in [9.17, 15) is 9.90 Å². The lowest BCUT2D eigenvalue weighted by Crippen LogP contribution is -2.29. The Kier molecular flexibility index (Phi) is 4.98. The van der Waals surface area contributed by atoms with Crippen molar-refractivity contribution < 1.29 is 9.90 Å². The number of carboxylic acids is 1. The maximum absolute atomic E-state index is 11.2. The van der Waals surface area contributed by atoms with Gasteiger partial charge in [0, 0.05) is 31.4 Å². The molecule has 0 aliphatic rings. The Hall–Kier alpha value is -2.14. The fourth-order valence-electron chi connectivity index (χ4n) is 2.70. The number of carboxylic acid groups (broad SMARTS) is 1. The van der Waals surface area contributed by atoms with Gasteiger partial charge >= 0.3 is 5.97 Å². The molecule has 0 amide bonds. The van der Waals surface area contributed by atoms with E-state index >= 15 is 0 Å². The molecular formula is C17H23N3O2. The number of hydrogen-bond donors (Lipinski definition) is 1. The van der Waals surface area contributed by atoms with Crippen molar-refractivity contribution >= 4 is 5.97 Å². The van der Waals surface area contributed by atoms with Crippen molar-refractivity contribution in [2.75, 3.05) is 6.54 Å². The zero-order chi connectivity index (χ0) is 16.3. The van der Waals surface area contributed by atoms with E-state index in [0.29, 0.717) is 13.1 Å². The summed E-state index contributed by atoms with van der Waals surface area (Å²) in [5.74, 6) is -0.813. The van der Waals surface area contributed by atoms with E-state index in [-0.39, 0.29) is 6.54 Å². The van der Waals surface area contributed by atoms with E-state index in [1.165, 1.54) is 5.56 Å². The van der Waals surface area contributed by atoms with Crippen LogP contribution in [0.5, 0.6) is 0 Å². The Bertz CT molecular complexity index is 677. The van der Waals surface area contributed by atoms with Crippen LogP contribution in [0.15, 0.2) is 24.3 Å². The topological polar surface area (TPSA) is 58.4 Å². The highest BCUT2D eigenvalue weighted by molar-refractivity contribution is 5.69. The van der Waals surface area contributed by atoms with E-state index in [2.05, 4.69) is 11.2 Å². The van der Waals surface area contributed by atoms with Crippen LogP contribution in [0.25, 0.3) is 0 Å². The average Bonchev–Trinajstić information content (AvgIpc) is 2.64. The number of hydrogen-bond acceptors (Lipinski definition) is 3. The van der Waals surface area contributed by atoms with Gasteiger partial charge in [-0.25, -0.2) is 0 Å². The third-order valence-corrected chi connectivity index (χ3v) is 3.89. The molecule has 118 valence electrons. The second-order valence-electron chi connectivity index (χ2n) is 5.80. The standard InChI is InChI=1S/C17H23N3O2/c1-12-6-5-7-15(8-12)9-20(11-17(21)22)10-16-13(2)18-19(4)14(16)3/h5-8H,9-11H2,1-4H3,(H,21,22). The van der Waals surface area contributed by atoms with Crippen LogP contribution in [0.2, 0.25) is 0 Å². The van der Waals surface area contributed by atoms with Crippen LogP contribution >= 0.6 is 0 Å². The van der Waals surface area contributed by atoms with Crippen molar-refractivity contribution in [1.82, 2.24) is 14.7 Å². The van der Waals surface area contributed by atoms with Crippen LogP contribution in [0.3, 0.4) is 0 Å². The van der Waals surface area contributed by atoms with Crippen LogP contribution in [0, 0.1) is 20.8 Å². The molecular weight excluding hydrogens is 278 g/mol. The van der Waals surface area contributed by atoms with Crippen LogP contribution < -0.4 is 0 Å². The predicted molar refractivity (Wildman–Crippen MR) is 85.6 cm³/mol. The summed E-state index contributed by atoms with van der Waals surface area (Å²) in [5, 5.41) is 13.6. The van der Waals surface area contributed by atoms with Gasteiger partial charge in [-0.15, -0.1) is 0 Å². The van der Waals surface area contributed by atoms with Crippen molar-refractivity contribution in [2.45, 2.75) is 33.9 Å². The molecule has 0 atom stereocenters. The van der Waals surface area contributed by atoms with Crippen molar-refractivity contribution in [3.05, 3.63) is 52.3 Å². The van der Waals surface area contributed by atoms with Crippen LogP contribution in [-0.2, 0) is 24.9 Å². The molecule has 2 rings (SSSR count). The number of carbonyl (C=O) groups is 1. The van der Waals surface area contributed by atoms with E-state index < -0.39 is 5.97 Å². The smallest absolute Gasteiger partial charge is 0.317 e. The van der Waals surface area contributed by atoms with Crippen molar-refractivity contribution in [1.29, 1.82) is 0 Å². The first kappa shape index (κ1) is 16.2. The van der Waals surface area contributed by atoms with Gasteiger partial charge in [0.1, 0.15) is 0 Å². The quantitative estimate of drug-likeness (QED) is 0.890. The molecule has 1 heterocycles. The van der Waals surface area contributed by atoms with Crippen molar-refractivity contribution in [3.63, 3.8) is 0 Å². The maximum Gasteiger partial charge on any atom is 0.317 e. The molecule has 0 fully saturated rings. The molecule has 2 aromatic rings. The Morgan fingerprint density at radius 1 is 1.27 bits per heavy atom. The summed E-state index contributed by atoms with van der Waals surface area (Å²) in [6.07, 6.45) is 0. The highest BCUT2D eigenvalue weighted by Gasteiger charge is 2.16. The summed E-state index contributed by atoms with van der Waals surface area (Å²) < 4.78 is 1.84. The largest absolute Gasteiger partial charge is 0.480 e. The van der Waals surface area contributed by atoms with Gasteiger partial charge in [0.2, 0.25) is 0 Å². The summed E-state index contributed by atoms with van der Waals surface area (Å²) in [5.41, 5.74) is 5.45. The average molecular weight is 301 g/mol. The molecule has 0 saturated carbocycles. The highest BCUT2D eigenvalue weighted by atomic mass is 16.4. The van der Waals surface area contributed by atoms with Crippen LogP contribution in [-0.4, -0.2) is 32.3 Å². The molecule has 0 bridgehead atoms. The second-order valence-corrected chi connectivity index (χ2v) is 5.80. The van der Waals surface area contributed by atoms with E-state index in [4.69, 9.17) is 0 Å². The second kappa shape index (κ2) is 6.75. The Balaban J connectivity index is 2.21. The highest BCUT2D eigenvalue weighted by Crippen LogP contribution is 2.17. The predicted octanol–water partition coefficient (Wildman–Crippen LogP) is 2.43. The van der Waals surface area contributed by atoms with Crippen molar-refractivity contribution in [3.8, 4) is 0 Å². The fraction of sp³-hybridized carbons (Fsp3) is 0.412. The fourth-order valence-corrected chi connectivity index (χ4v) is 2.70. The zero-order valence-corrected chi connectivity index (χ0v) is 13.6. The summed E-state index contributed by atoms with van der Waals surface area (Å²) >= 11 is 0. The number of rotatable bonds is 6. The van der Waals surface area contributed by atoms with Gasteiger partial charge in [-0.05, 0) is 26.3 Å². The molecule has 5 heteroatoms. The minimum Gasteiger partial charge on any atom is -0.480 e. The Labute approximate surface area is 131 Å². The summed E-state index contributed by atoms with van der Waals surface area (Å²) in [6.45, 7) is 7.24. The molecule has 22 heavy (non-hydrogen) atoms. The summed E-state index contributed by atoms with van der Waals surface area (Å²) in [4.78, 5) is 13.1. The molecule has 0 unspecified atom stereocenters. The SMILES string of the molecule is Cc1cccc(CN(CC(=O)O)Cc2c(C)nn(C)c2C)c1. The lowest BCUT2D eigenvalue weighted by molar-refractivity contribution is -0.138. The van der Waals surface area contributed by atoms with Gasteiger partial charge in [0.05, 0.1) is 12.2 Å². The van der Waals surface area contributed by atoms with Gasteiger partial charge < -0.3 is 5.11 Å². The lowest BCUT2D eigenvalue weighted by atomic mass is 10.1. The van der Waals surface area contributed by atoms with Crippen molar-refractivity contribution in [2.24, 2.45) is 7.05 Å². The normalized spacial score (nSPS) is 11.1. The molecule has 1 aromatic carbocycles. The monoisotopic (exact) mass is 301 g/mol. The van der Waals surface area contributed by atoms with Gasteiger partial charge in [-0.3, -0.25) is 14.4 Å². The van der Waals surface area contributed by atoms with Crippen LogP contribution in [0.1, 0.15) is 28.1 Å². The van der Waals surface area contributed by atoms with Gasteiger partial charge in [0.25, 0.3) is 0 Å². The number of aromatic nitrogens is 2. The number of benzene rings is 1. The van der Waals surface area contributed by atoms with E-state index in [1.807, 2.05) is 55.6 Å². The molecule has 0 radical (unpaired) electrons. The van der Waals surface area contributed by atoms with Gasteiger partial charge in [-0.2, -0.15) is 5.10 Å². The minimum atomic E-state index is -0.813. The number of nitrogens with zero attached hydrogens (tertiary/aromatic N) is 3. The third-order valence-electron chi connectivity index (χ3n) is 3.89. The molecule has 5 nitrogen and oxygen atoms in total. The molecule has 0 saturated heterocycles. The molecule has 1 N–H and O–H groups in total. The Morgan fingerprint density at radius 3 is 2.55 bits per heavy atom. The maximum atomic E-state index is 11.2. The zero-order valence-electron chi connectivity index (χ0n) is 13.6. The lowest BCUT2D eigenvalue weighted by Gasteiger charge is -2.21. The third kappa shape index (κ3) is 3.95.